The van der Waals surface area contributed by atoms with Crippen LogP contribution >= 0.6 is 23.2 Å². The molecule has 0 saturated carbocycles. The summed E-state index contributed by atoms with van der Waals surface area (Å²) >= 11 is 12.6. The predicted octanol–water partition coefficient (Wildman–Crippen LogP) is 3.76. The van der Waals surface area contributed by atoms with Gasteiger partial charge in [-0.3, -0.25) is 20.1 Å². The highest BCUT2D eigenvalue weighted by Crippen LogP contribution is 2.39. The van der Waals surface area contributed by atoms with Gasteiger partial charge < -0.3 is 0 Å². The van der Waals surface area contributed by atoms with Gasteiger partial charge in [0.15, 0.2) is 18.3 Å². The molecular formula is C18H12Cl2F2N4O. The van der Waals surface area contributed by atoms with Crippen molar-refractivity contribution in [1.29, 1.82) is 0 Å². The number of hydrazone groups is 1. The van der Waals surface area contributed by atoms with E-state index in [1.807, 2.05) is 0 Å². The highest BCUT2D eigenvalue weighted by Gasteiger charge is 2.38. The van der Waals surface area contributed by atoms with Gasteiger partial charge in [-0.1, -0.05) is 29.3 Å². The zero-order valence-corrected chi connectivity index (χ0v) is 15.4. The van der Waals surface area contributed by atoms with Crippen LogP contribution in [-0.2, 0) is 4.79 Å². The standard InChI is InChI=1S/C18H12Cl2F2N4O/c1-8-18-25-24-13(7-27)26(18)12-6-5-9(19)16(20)15(12)17(23-8)14-10(21)3-2-4-11(14)22/h2-8,13,24H,1H3/t8-,13?/m0/s1. The summed E-state index contributed by atoms with van der Waals surface area (Å²) in [5.41, 5.74) is 3.08. The first-order chi connectivity index (χ1) is 12.9. The molecule has 0 aliphatic carbocycles. The molecule has 4 rings (SSSR count). The van der Waals surface area contributed by atoms with Gasteiger partial charge in [-0.05, 0) is 31.2 Å². The van der Waals surface area contributed by atoms with Crippen LogP contribution in [0.1, 0.15) is 18.1 Å². The van der Waals surface area contributed by atoms with E-state index >= 15 is 0 Å². The molecule has 2 heterocycles. The lowest BCUT2D eigenvalue weighted by Crippen LogP contribution is -2.44. The predicted molar refractivity (Wildman–Crippen MR) is 101 cm³/mol. The van der Waals surface area contributed by atoms with Gasteiger partial charge in [0, 0.05) is 5.56 Å². The lowest BCUT2D eigenvalue weighted by molar-refractivity contribution is -0.109. The van der Waals surface area contributed by atoms with Crippen LogP contribution in [0.5, 0.6) is 0 Å². The van der Waals surface area contributed by atoms with Crippen LogP contribution in [0.4, 0.5) is 14.5 Å². The third-order valence-corrected chi connectivity index (χ3v) is 5.23. The van der Waals surface area contributed by atoms with Gasteiger partial charge >= 0.3 is 0 Å². The summed E-state index contributed by atoms with van der Waals surface area (Å²) in [6, 6.07) is 6.12. The molecule has 27 heavy (non-hydrogen) atoms. The number of carbonyl (C=O) groups is 1. The van der Waals surface area contributed by atoms with Crippen molar-refractivity contribution in [3.63, 3.8) is 0 Å². The average molecular weight is 409 g/mol. The van der Waals surface area contributed by atoms with Crippen molar-refractivity contribution in [3.05, 3.63) is 63.1 Å². The molecule has 138 valence electrons. The Morgan fingerprint density at radius 3 is 2.52 bits per heavy atom. The Morgan fingerprint density at radius 2 is 1.85 bits per heavy atom. The number of fused-ring (bicyclic) bond motifs is 3. The number of nitrogens with zero attached hydrogens (tertiary/aromatic N) is 3. The zero-order chi connectivity index (χ0) is 19.3. The van der Waals surface area contributed by atoms with Crippen LogP contribution in [0.25, 0.3) is 0 Å². The summed E-state index contributed by atoms with van der Waals surface area (Å²) in [6.07, 6.45) is -0.122. The highest BCUT2D eigenvalue weighted by molar-refractivity contribution is 6.45. The molecule has 5 nitrogen and oxygen atoms in total. The van der Waals surface area contributed by atoms with E-state index in [0.29, 0.717) is 17.8 Å². The molecule has 0 amide bonds. The van der Waals surface area contributed by atoms with Crippen LogP contribution in [0.15, 0.2) is 40.4 Å². The van der Waals surface area contributed by atoms with Crippen LogP contribution in [-0.4, -0.2) is 30.0 Å². The fraction of sp³-hybridized carbons (Fsp3) is 0.167. The number of aldehydes is 1. The Bertz CT molecular complexity index is 1000. The average Bonchev–Trinajstić information content (AvgIpc) is 3.02. The molecule has 2 aromatic carbocycles. The number of hydrogen-bond acceptors (Lipinski definition) is 5. The molecule has 0 saturated heterocycles. The molecule has 0 radical (unpaired) electrons. The lowest BCUT2D eigenvalue weighted by atomic mass is 9.98. The molecule has 9 heteroatoms. The maximum Gasteiger partial charge on any atom is 0.177 e. The number of rotatable bonds is 2. The van der Waals surface area contributed by atoms with E-state index in [1.165, 1.54) is 6.07 Å². The Kier molecular flexibility index (Phi) is 4.36. The topological polar surface area (TPSA) is 57.1 Å². The maximum absolute atomic E-state index is 14.5. The summed E-state index contributed by atoms with van der Waals surface area (Å²) in [6.45, 7) is 1.71. The summed E-state index contributed by atoms with van der Waals surface area (Å²) < 4.78 is 29.1. The molecular weight excluding hydrogens is 397 g/mol. The molecule has 0 spiro atoms. The number of nitrogens with one attached hydrogen (secondary N) is 1. The minimum absolute atomic E-state index is 0.0161. The van der Waals surface area contributed by atoms with Crippen molar-refractivity contribution in [2.75, 3.05) is 4.90 Å². The largest absolute Gasteiger partial charge is 0.299 e. The number of amidine groups is 1. The first kappa shape index (κ1) is 17.9. The zero-order valence-electron chi connectivity index (χ0n) is 13.9. The van der Waals surface area contributed by atoms with Crippen molar-refractivity contribution in [2.24, 2.45) is 10.1 Å². The number of aliphatic imine (C=N–C) groups is 1. The molecule has 2 atom stereocenters. The van der Waals surface area contributed by atoms with Crippen molar-refractivity contribution in [2.45, 2.75) is 19.1 Å². The summed E-state index contributed by atoms with van der Waals surface area (Å²) in [7, 11) is 0. The minimum atomic E-state index is -0.793. The van der Waals surface area contributed by atoms with Crippen molar-refractivity contribution < 1.29 is 13.6 Å². The van der Waals surface area contributed by atoms with Gasteiger partial charge in [0.05, 0.1) is 27.0 Å². The van der Waals surface area contributed by atoms with Gasteiger partial charge in [-0.15, -0.1) is 0 Å². The van der Waals surface area contributed by atoms with E-state index in [1.54, 1.807) is 24.0 Å². The smallest absolute Gasteiger partial charge is 0.177 e. The third-order valence-electron chi connectivity index (χ3n) is 4.43. The van der Waals surface area contributed by atoms with Gasteiger partial charge in [-0.25, -0.2) is 8.78 Å². The van der Waals surface area contributed by atoms with E-state index in [9.17, 15) is 13.6 Å². The Labute approximate surface area is 163 Å². The van der Waals surface area contributed by atoms with Gasteiger partial charge in [0.25, 0.3) is 0 Å². The van der Waals surface area contributed by atoms with Crippen LogP contribution in [0.2, 0.25) is 10.0 Å². The molecule has 2 aliphatic heterocycles. The molecule has 1 N–H and O–H groups in total. The monoisotopic (exact) mass is 408 g/mol. The van der Waals surface area contributed by atoms with E-state index in [0.717, 1.165) is 12.1 Å². The van der Waals surface area contributed by atoms with Crippen molar-refractivity contribution >= 4 is 46.7 Å². The summed E-state index contributed by atoms with van der Waals surface area (Å²) in [5.74, 6) is -1.13. The Morgan fingerprint density at radius 1 is 1.15 bits per heavy atom. The van der Waals surface area contributed by atoms with Gasteiger partial charge in [0.1, 0.15) is 17.7 Å². The van der Waals surface area contributed by atoms with Crippen LogP contribution in [0.3, 0.4) is 0 Å². The van der Waals surface area contributed by atoms with Crippen molar-refractivity contribution in [3.8, 4) is 0 Å². The number of halogens is 4. The third kappa shape index (κ3) is 2.69. The second-order valence-electron chi connectivity index (χ2n) is 6.06. The van der Waals surface area contributed by atoms with E-state index in [-0.39, 0.29) is 26.9 Å². The highest BCUT2D eigenvalue weighted by atomic mass is 35.5. The summed E-state index contributed by atoms with van der Waals surface area (Å²) in [4.78, 5) is 17.6. The molecule has 0 fully saturated rings. The molecule has 0 bridgehead atoms. The fourth-order valence-electron chi connectivity index (χ4n) is 3.24. The quantitative estimate of drug-likeness (QED) is 0.769. The second-order valence-corrected chi connectivity index (χ2v) is 6.84. The van der Waals surface area contributed by atoms with Crippen LogP contribution < -0.4 is 10.3 Å². The van der Waals surface area contributed by atoms with Gasteiger partial charge in [-0.2, -0.15) is 5.10 Å². The molecule has 0 aromatic heterocycles. The second kappa shape index (κ2) is 6.58. The van der Waals surface area contributed by atoms with Crippen molar-refractivity contribution in [1.82, 2.24) is 5.43 Å². The van der Waals surface area contributed by atoms with E-state index < -0.39 is 23.8 Å². The number of benzene rings is 2. The first-order valence-electron chi connectivity index (χ1n) is 8.02. The lowest BCUT2D eigenvalue weighted by Gasteiger charge is -2.25. The van der Waals surface area contributed by atoms with E-state index in [4.69, 9.17) is 23.2 Å². The number of hydrogen-bond donors (Lipinski definition) is 1. The van der Waals surface area contributed by atoms with E-state index in [2.05, 4.69) is 15.5 Å². The summed E-state index contributed by atoms with van der Waals surface area (Å²) in [5, 5.41) is 4.45. The first-order valence-corrected chi connectivity index (χ1v) is 8.77. The molecule has 1 unspecified atom stereocenters. The number of carbonyl (C=O) groups excluding carboxylic acids is 1. The molecule has 2 aliphatic rings. The number of anilines is 1. The fourth-order valence-corrected chi connectivity index (χ4v) is 3.65. The van der Waals surface area contributed by atoms with Crippen LogP contribution in [0, 0.1) is 11.6 Å². The molecule has 2 aromatic rings. The Balaban J connectivity index is 2.08. The maximum atomic E-state index is 14.5. The minimum Gasteiger partial charge on any atom is -0.299 e. The SMILES string of the molecule is C[C@@H]1N=C(c2c(F)cccc2F)c2c(ccc(Cl)c2Cl)N2C1=NNC2C=O. The van der Waals surface area contributed by atoms with Gasteiger partial charge in [0.2, 0.25) is 0 Å². The normalized spacial score (nSPS) is 20.9. The Hall–Kier alpha value is -2.51.